The number of rotatable bonds is 8. The number of nitrogens with zero attached hydrogens (tertiary/aromatic N) is 3. The summed E-state index contributed by atoms with van der Waals surface area (Å²) >= 11 is 4.13. The maximum Gasteiger partial charge on any atom is 0.186 e. The molecule has 0 amide bonds. The quantitative estimate of drug-likeness (QED) is 0.245. The number of aliphatic imine (C=N–C) groups is 1. The Labute approximate surface area is 160 Å². The monoisotopic (exact) mass is 446 g/mol. The van der Waals surface area contributed by atoms with Gasteiger partial charge in [0.2, 0.25) is 0 Å². The average molecular weight is 447 g/mol. The number of ketones is 1. The molecular weight excluding hydrogens is 431 g/mol. The number of carbonyl (C=O) groups is 1. The molecule has 11 heteroatoms. The van der Waals surface area contributed by atoms with Crippen molar-refractivity contribution in [2.75, 3.05) is 12.4 Å². The van der Waals surface area contributed by atoms with E-state index in [0.717, 1.165) is 11.8 Å². The van der Waals surface area contributed by atoms with Crippen molar-refractivity contribution in [3.63, 3.8) is 0 Å². The Bertz CT molecular complexity index is 802. The smallest absolute Gasteiger partial charge is 0.186 e. The molecule has 0 radical (unpaired) electrons. The zero-order valence-corrected chi connectivity index (χ0v) is 16.0. The minimum atomic E-state index is -0.447. The van der Waals surface area contributed by atoms with Crippen LogP contribution >= 0.6 is 27.7 Å². The first-order chi connectivity index (χ1) is 12.4. The molecule has 1 heterocycles. The van der Waals surface area contributed by atoms with Crippen LogP contribution in [0.3, 0.4) is 0 Å². The molecule has 0 aliphatic rings. The largest absolute Gasteiger partial charge is 0.396 e. The summed E-state index contributed by atoms with van der Waals surface area (Å²) in [6.07, 6.45) is 0.243. The summed E-state index contributed by atoms with van der Waals surface area (Å²) in [4.78, 5) is 16.0. The van der Waals surface area contributed by atoms with Crippen molar-refractivity contribution in [1.29, 1.82) is 0 Å². The van der Waals surface area contributed by atoms with Gasteiger partial charge in [0.15, 0.2) is 16.6 Å². The maximum absolute atomic E-state index is 13.3. The van der Waals surface area contributed by atoms with Crippen LogP contribution in [0, 0.1) is 11.7 Å². The van der Waals surface area contributed by atoms with Crippen LogP contribution in [0.15, 0.2) is 37.3 Å². The molecule has 1 aromatic heterocycles. The van der Waals surface area contributed by atoms with Gasteiger partial charge in [-0.3, -0.25) is 15.5 Å². The molecule has 140 valence electrons. The molecule has 0 saturated heterocycles. The standard InChI is InChI=1S/C15H16BrFN4O4S/c1-8(6-22)4-10(23)7-26-15-13(20-25-21-15)14(19-24)18-9-2-3-12(17)11(16)5-9/h2-3,5,8,22,24H,4,6-7H2,1H3,(H,18,19)/t8-/m1/s1. The van der Waals surface area contributed by atoms with E-state index in [1.165, 1.54) is 18.2 Å². The zero-order valence-electron chi connectivity index (χ0n) is 13.6. The van der Waals surface area contributed by atoms with Gasteiger partial charge >= 0.3 is 0 Å². The number of Topliss-reactive ketones (excluding diaryl/α,β-unsaturated/α-hetero) is 1. The van der Waals surface area contributed by atoms with Crippen LogP contribution in [0.2, 0.25) is 0 Å². The molecule has 8 nitrogen and oxygen atoms in total. The highest BCUT2D eigenvalue weighted by Crippen LogP contribution is 2.24. The van der Waals surface area contributed by atoms with E-state index in [-0.39, 0.29) is 51.5 Å². The first-order valence-electron chi connectivity index (χ1n) is 7.46. The Kier molecular flexibility index (Phi) is 7.69. The fraction of sp³-hybridized carbons (Fsp3) is 0.333. The van der Waals surface area contributed by atoms with E-state index >= 15 is 0 Å². The zero-order chi connectivity index (χ0) is 19.1. The predicted molar refractivity (Wildman–Crippen MR) is 96.1 cm³/mol. The second kappa shape index (κ2) is 9.76. The third kappa shape index (κ3) is 5.59. The lowest BCUT2D eigenvalue weighted by Crippen LogP contribution is -2.21. The van der Waals surface area contributed by atoms with E-state index in [1.807, 2.05) is 5.48 Å². The summed E-state index contributed by atoms with van der Waals surface area (Å²) in [6.45, 7) is 1.71. The van der Waals surface area contributed by atoms with Crippen molar-refractivity contribution in [2.24, 2.45) is 10.9 Å². The number of nitrogens with one attached hydrogen (secondary N) is 1. The van der Waals surface area contributed by atoms with Crippen molar-refractivity contribution >= 4 is 45.0 Å². The lowest BCUT2D eigenvalue weighted by atomic mass is 10.1. The van der Waals surface area contributed by atoms with Crippen LogP contribution in [-0.4, -0.2) is 44.6 Å². The van der Waals surface area contributed by atoms with Crippen molar-refractivity contribution in [2.45, 2.75) is 18.4 Å². The Morgan fingerprint density at radius 3 is 2.92 bits per heavy atom. The van der Waals surface area contributed by atoms with Gasteiger partial charge in [-0.05, 0) is 50.4 Å². The van der Waals surface area contributed by atoms with E-state index < -0.39 is 5.82 Å². The Hall–Kier alpha value is -1.82. The number of amidine groups is 1. The van der Waals surface area contributed by atoms with Crippen LogP contribution in [-0.2, 0) is 4.79 Å². The van der Waals surface area contributed by atoms with E-state index in [2.05, 4.69) is 35.9 Å². The number of thioether (sulfide) groups is 1. The number of aliphatic hydroxyl groups excluding tert-OH is 1. The third-order valence-corrected chi connectivity index (χ3v) is 4.81. The molecule has 0 saturated carbocycles. The summed E-state index contributed by atoms with van der Waals surface area (Å²) < 4.78 is 18.2. The molecule has 2 aromatic rings. The lowest BCUT2D eigenvalue weighted by molar-refractivity contribution is -0.117. The predicted octanol–water partition coefficient (Wildman–Crippen LogP) is 2.71. The molecule has 0 spiro atoms. The highest BCUT2D eigenvalue weighted by molar-refractivity contribution is 9.10. The first-order valence-corrected chi connectivity index (χ1v) is 9.24. The van der Waals surface area contributed by atoms with Gasteiger partial charge in [0.05, 0.1) is 15.9 Å². The van der Waals surface area contributed by atoms with E-state index in [1.54, 1.807) is 6.92 Å². The van der Waals surface area contributed by atoms with Gasteiger partial charge in [-0.25, -0.2) is 14.0 Å². The molecule has 0 fully saturated rings. The molecule has 2 rings (SSSR count). The SMILES string of the molecule is C[C@@H](CO)CC(=O)CSc1nonc1C(=Nc1ccc(F)c(Br)c1)NO. The van der Waals surface area contributed by atoms with Crippen LogP contribution in [0.5, 0.6) is 0 Å². The van der Waals surface area contributed by atoms with Gasteiger partial charge in [0, 0.05) is 13.0 Å². The normalized spacial score (nSPS) is 12.9. The van der Waals surface area contributed by atoms with Gasteiger partial charge in [-0.2, -0.15) is 0 Å². The fourth-order valence-corrected chi connectivity index (χ4v) is 3.03. The van der Waals surface area contributed by atoms with Crippen molar-refractivity contribution in [3.8, 4) is 0 Å². The Morgan fingerprint density at radius 2 is 2.27 bits per heavy atom. The summed E-state index contributed by atoms with van der Waals surface area (Å²) in [5.41, 5.74) is 2.36. The van der Waals surface area contributed by atoms with Gasteiger partial charge < -0.3 is 5.11 Å². The van der Waals surface area contributed by atoms with Crippen LogP contribution in [0.1, 0.15) is 19.0 Å². The Morgan fingerprint density at radius 1 is 1.50 bits per heavy atom. The highest BCUT2D eigenvalue weighted by Gasteiger charge is 2.19. The third-order valence-electron chi connectivity index (χ3n) is 3.19. The van der Waals surface area contributed by atoms with Crippen LogP contribution in [0.25, 0.3) is 0 Å². The second-order valence-electron chi connectivity index (χ2n) is 5.41. The number of hydrogen-bond acceptors (Lipinski definition) is 8. The van der Waals surface area contributed by atoms with Crippen LogP contribution in [0.4, 0.5) is 10.1 Å². The molecular formula is C15H16BrFN4O4S. The molecule has 0 unspecified atom stereocenters. The average Bonchev–Trinajstić information content (AvgIpc) is 3.09. The molecule has 3 N–H and O–H groups in total. The molecule has 1 atom stereocenters. The summed E-state index contributed by atoms with van der Waals surface area (Å²) in [5.74, 6) is -0.595. The van der Waals surface area contributed by atoms with Crippen LogP contribution < -0.4 is 5.48 Å². The molecule has 0 aliphatic heterocycles. The second-order valence-corrected chi connectivity index (χ2v) is 7.23. The van der Waals surface area contributed by atoms with Gasteiger partial charge in [-0.15, -0.1) is 0 Å². The number of benzene rings is 1. The van der Waals surface area contributed by atoms with E-state index in [9.17, 15) is 14.4 Å². The summed E-state index contributed by atoms with van der Waals surface area (Å²) in [7, 11) is 0. The molecule has 0 bridgehead atoms. The van der Waals surface area contributed by atoms with Crippen molar-refractivity contribution in [3.05, 3.63) is 34.2 Å². The molecule has 0 aliphatic carbocycles. The Balaban J connectivity index is 2.14. The number of halogens is 2. The summed E-state index contributed by atoms with van der Waals surface area (Å²) in [5, 5.41) is 26.0. The molecule has 1 aromatic carbocycles. The minimum Gasteiger partial charge on any atom is -0.396 e. The van der Waals surface area contributed by atoms with E-state index in [4.69, 9.17) is 5.11 Å². The number of hydrogen-bond donors (Lipinski definition) is 3. The first kappa shape index (κ1) is 20.5. The van der Waals surface area contributed by atoms with Gasteiger partial charge in [-0.1, -0.05) is 18.7 Å². The number of aliphatic hydroxyl groups is 1. The van der Waals surface area contributed by atoms with Crippen molar-refractivity contribution < 1.29 is 24.1 Å². The summed E-state index contributed by atoms with van der Waals surface area (Å²) in [6, 6.07) is 4.06. The highest BCUT2D eigenvalue weighted by atomic mass is 79.9. The number of aromatic nitrogens is 2. The lowest BCUT2D eigenvalue weighted by Gasteiger charge is -2.06. The molecule has 26 heavy (non-hydrogen) atoms. The minimum absolute atomic E-state index is 0.0638. The number of carbonyl (C=O) groups excluding carboxylic acids is 1. The van der Waals surface area contributed by atoms with Gasteiger partial charge in [0.1, 0.15) is 11.6 Å². The number of hydroxylamine groups is 1. The maximum atomic E-state index is 13.3. The van der Waals surface area contributed by atoms with E-state index in [0.29, 0.717) is 5.69 Å². The van der Waals surface area contributed by atoms with Gasteiger partial charge in [0.25, 0.3) is 0 Å². The van der Waals surface area contributed by atoms with Crippen molar-refractivity contribution in [1.82, 2.24) is 15.8 Å². The fourth-order valence-electron chi connectivity index (χ4n) is 1.90. The topological polar surface area (TPSA) is 121 Å².